The van der Waals surface area contributed by atoms with Gasteiger partial charge in [0.2, 0.25) is 0 Å². The van der Waals surface area contributed by atoms with Crippen molar-refractivity contribution in [2.45, 2.75) is 13.0 Å². The third-order valence-corrected chi connectivity index (χ3v) is 2.45. The minimum atomic E-state index is -0.467. The minimum Gasteiger partial charge on any atom is -0.488 e. The van der Waals surface area contributed by atoms with E-state index < -0.39 is 6.10 Å². The lowest BCUT2D eigenvalue weighted by atomic mass is 10.1. The Morgan fingerprint density at radius 2 is 2.07 bits per heavy atom. The first-order chi connectivity index (χ1) is 7.13. The highest BCUT2D eigenvalue weighted by Crippen LogP contribution is 2.18. The molecule has 1 aromatic rings. The summed E-state index contributed by atoms with van der Waals surface area (Å²) in [6, 6.07) is 7.16. The van der Waals surface area contributed by atoms with Crippen molar-refractivity contribution in [3.05, 3.63) is 40.4 Å². The van der Waals surface area contributed by atoms with Gasteiger partial charge in [-0.3, -0.25) is 0 Å². The number of hydrogen-bond acceptors (Lipinski definition) is 2. The van der Waals surface area contributed by atoms with E-state index in [4.69, 9.17) is 27.9 Å². The van der Waals surface area contributed by atoms with E-state index >= 15 is 0 Å². The van der Waals surface area contributed by atoms with Gasteiger partial charge < -0.3 is 9.84 Å². The maximum Gasteiger partial charge on any atom is 0.125 e. The van der Waals surface area contributed by atoms with Crippen LogP contribution in [0.3, 0.4) is 0 Å². The van der Waals surface area contributed by atoms with Crippen LogP contribution in [0.4, 0.5) is 0 Å². The van der Waals surface area contributed by atoms with Gasteiger partial charge in [0.15, 0.2) is 0 Å². The van der Waals surface area contributed by atoms with Gasteiger partial charge in [-0.1, -0.05) is 35.3 Å². The summed E-state index contributed by atoms with van der Waals surface area (Å²) in [6.07, 6.45) is -0.467. The number of rotatable bonds is 4. The minimum absolute atomic E-state index is 0.249. The highest BCUT2D eigenvalue weighted by molar-refractivity contribution is 6.36. The van der Waals surface area contributed by atoms with Gasteiger partial charge in [-0.15, -0.1) is 0 Å². The Morgan fingerprint density at radius 3 is 2.53 bits per heavy atom. The molecule has 4 heteroatoms. The van der Waals surface area contributed by atoms with Gasteiger partial charge in [0.1, 0.15) is 12.4 Å². The molecule has 0 fully saturated rings. The SMILES string of the molecule is CC(O)c1ccc(OCC(Cl)=CCl)cc1. The molecule has 0 bridgehead atoms. The predicted molar refractivity (Wildman–Crippen MR) is 62.4 cm³/mol. The van der Waals surface area contributed by atoms with Crippen molar-refractivity contribution in [1.29, 1.82) is 0 Å². The number of aliphatic hydroxyl groups excluding tert-OH is 1. The van der Waals surface area contributed by atoms with Crippen LogP contribution in [0.5, 0.6) is 5.75 Å². The molecule has 1 unspecified atom stereocenters. The fourth-order valence-corrected chi connectivity index (χ4v) is 1.14. The van der Waals surface area contributed by atoms with E-state index in [0.717, 1.165) is 5.56 Å². The van der Waals surface area contributed by atoms with Gasteiger partial charge in [0.25, 0.3) is 0 Å². The second-order valence-corrected chi connectivity index (χ2v) is 3.79. The summed E-state index contributed by atoms with van der Waals surface area (Å²) in [5.74, 6) is 0.691. The Balaban J connectivity index is 2.57. The summed E-state index contributed by atoms with van der Waals surface area (Å²) in [5, 5.41) is 9.72. The lowest BCUT2D eigenvalue weighted by Crippen LogP contribution is -1.97. The average molecular weight is 247 g/mol. The van der Waals surface area contributed by atoms with Gasteiger partial charge in [-0.05, 0) is 24.6 Å². The second-order valence-electron chi connectivity index (χ2n) is 3.09. The zero-order valence-electron chi connectivity index (χ0n) is 8.28. The van der Waals surface area contributed by atoms with E-state index in [1.807, 2.05) is 0 Å². The fraction of sp³-hybridized carbons (Fsp3) is 0.273. The van der Waals surface area contributed by atoms with Crippen molar-refractivity contribution in [1.82, 2.24) is 0 Å². The Kier molecular flexibility index (Phi) is 4.95. The molecular weight excluding hydrogens is 235 g/mol. The first-order valence-corrected chi connectivity index (χ1v) is 5.30. The Hall–Kier alpha value is -0.700. The predicted octanol–water partition coefficient (Wildman–Crippen LogP) is 3.44. The smallest absolute Gasteiger partial charge is 0.125 e. The van der Waals surface area contributed by atoms with Crippen LogP contribution in [0.15, 0.2) is 34.8 Å². The Bertz CT molecular complexity index is 331. The molecule has 0 aliphatic rings. The third kappa shape index (κ3) is 4.12. The van der Waals surface area contributed by atoms with Crippen molar-refractivity contribution >= 4 is 23.2 Å². The molecule has 1 rings (SSSR count). The molecule has 15 heavy (non-hydrogen) atoms. The van der Waals surface area contributed by atoms with Gasteiger partial charge >= 0.3 is 0 Å². The molecule has 2 nitrogen and oxygen atoms in total. The van der Waals surface area contributed by atoms with E-state index in [-0.39, 0.29) is 6.61 Å². The highest BCUT2D eigenvalue weighted by Gasteiger charge is 2.01. The van der Waals surface area contributed by atoms with Crippen LogP contribution in [0.1, 0.15) is 18.6 Å². The number of hydrogen-bond donors (Lipinski definition) is 1. The van der Waals surface area contributed by atoms with Gasteiger partial charge in [0, 0.05) is 5.54 Å². The lowest BCUT2D eigenvalue weighted by molar-refractivity contribution is 0.199. The van der Waals surface area contributed by atoms with Gasteiger partial charge in [-0.25, -0.2) is 0 Å². The highest BCUT2D eigenvalue weighted by atomic mass is 35.5. The molecule has 1 atom stereocenters. The molecule has 0 saturated carbocycles. The molecule has 0 aliphatic heterocycles. The zero-order valence-corrected chi connectivity index (χ0v) is 9.79. The first-order valence-electron chi connectivity index (χ1n) is 4.49. The summed E-state index contributed by atoms with van der Waals surface area (Å²) in [6.45, 7) is 1.96. The molecule has 1 aromatic carbocycles. The normalized spacial score (nSPS) is 13.7. The lowest BCUT2D eigenvalue weighted by Gasteiger charge is -2.07. The molecule has 0 aromatic heterocycles. The van der Waals surface area contributed by atoms with Crippen LogP contribution in [0, 0.1) is 0 Å². The number of benzene rings is 1. The molecule has 82 valence electrons. The zero-order chi connectivity index (χ0) is 11.3. The van der Waals surface area contributed by atoms with Crippen molar-refractivity contribution in [2.75, 3.05) is 6.61 Å². The topological polar surface area (TPSA) is 29.5 Å². The summed E-state index contributed by atoms with van der Waals surface area (Å²) in [5.41, 5.74) is 2.12. The van der Waals surface area contributed by atoms with Crippen molar-refractivity contribution in [3.63, 3.8) is 0 Å². The molecular formula is C11H12Cl2O2. The van der Waals surface area contributed by atoms with Crippen molar-refractivity contribution < 1.29 is 9.84 Å². The Morgan fingerprint density at radius 1 is 1.47 bits per heavy atom. The van der Waals surface area contributed by atoms with Crippen LogP contribution in [0.25, 0.3) is 0 Å². The van der Waals surface area contributed by atoms with Crippen molar-refractivity contribution in [2.24, 2.45) is 0 Å². The monoisotopic (exact) mass is 246 g/mol. The number of halogens is 2. The van der Waals surface area contributed by atoms with E-state index in [1.165, 1.54) is 5.54 Å². The first kappa shape index (κ1) is 12.4. The maximum absolute atomic E-state index is 9.28. The third-order valence-electron chi connectivity index (χ3n) is 1.86. The maximum atomic E-state index is 9.28. The number of ether oxygens (including phenoxy) is 1. The van der Waals surface area contributed by atoms with Crippen LogP contribution in [0.2, 0.25) is 0 Å². The standard InChI is InChI=1S/C11H12Cl2O2/c1-8(14)9-2-4-11(5-3-9)15-7-10(13)6-12/h2-6,8,14H,7H2,1H3. The van der Waals surface area contributed by atoms with Gasteiger partial charge in [-0.2, -0.15) is 0 Å². The van der Waals surface area contributed by atoms with Crippen LogP contribution >= 0.6 is 23.2 Å². The quantitative estimate of drug-likeness (QED) is 0.883. The second kappa shape index (κ2) is 6.01. The van der Waals surface area contributed by atoms with E-state index in [2.05, 4.69) is 0 Å². The average Bonchev–Trinajstić information content (AvgIpc) is 2.26. The van der Waals surface area contributed by atoms with Crippen LogP contribution in [-0.2, 0) is 0 Å². The van der Waals surface area contributed by atoms with E-state index in [9.17, 15) is 5.11 Å². The van der Waals surface area contributed by atoms with E-state index in [1.54, 1.807) is 31.2 Å². The van der Waals surface area contributed by atoms with Crippen LogP contribution in [-0.4, -0.2) is 11.7 Å². The molecule has 0 saturated heterocycles. The number of aliphatic hydroxyl groups is 1. The molecule has 0 radical (unpaired) electrons. The summed E-state index contributed by atoms with van der Waals surface area (Å²) in [4.78, 5) is 0. The van der Waals surface area contributed by atoms with Crippen LogP contribution < -0.4 is 4.74 Å². The van der Waals surface area contributed by atoms with Gasteiger partial charge in [0.05, 0.1) is 11.1 Å². The molecule has 1 N–H and O–H groups in total. The summed E-state index contributed by atoms with van der Waals surface area (Å²) in [7, 11) is 0. The molecule has 0 spiro atoms. The molecule has 0 heterocycles. The molecule has 0 aliphatic carbocycles. The van der Waals surface area contributed by atoms with Crippen molar-refractivity contribution in [3.8, 4) is 5.75 Å². The fourth-order valence-electron chi connectivity index (χ4n) is 1.03. The molecule has 0 amide bonds. The summed E-state index contributed by atoms with van der Waals surface area (Å²) >= 11 is 11.0. The largest absolute Gasteiger partial charge is 0.488 e. The van der Waals surface area contributed by atoms with E-state index in [0.29, 0.717) is 10.8 Å². The Labute approximate surface area is 99.1 Å². The summed E-state index contributed by atoms with van der Waals surface area (Å²) < 4.78 is 5.33.